The molecule has 0 aliphatic carbocycles. The molecule has 17 heavy (non-hydrogen) atoms. The smallest absolute Gasteiger partial charge is 0.317 e. The van der Waals surface area contributed by atoms with E-state index in [9.17, 15) is 4.79 Å². The number of hydrogen-bond acceptors (Lipinski definition) is 2. The maximum Gasteiger partial charge on any atom is 0.317 e. The minimum absolute atomic E-state index is 0.0562. The topological polar surface area (TPSA) is 41.6 Å². The molecule has 0 bridgehead atoms. The zero-order valence-electron chi connectivity index (χ0n) is 11.4. The van der Waals surface area contributed by atoms with Crippen LogP contribution in [0.1, 0.15) is 39.5 Å². The molecule has 0 unspecified atom stereocenters. The van der Waals surface area contributed by atoms with Gasteiger partial charge in [0.1, 0.15) is 0 Å². The highest BCUT2D eigenvalue weighted by atomic mass is 16.5. The van der Waals surface area contributed by atoms with E-state index in [1.807, 2.05) is 11.9 Å². The highest BCUT2D eigenvalue weighted by Gasteiger charge is 2.21. The van der Waals surface area contributed by atoms with Gasteiger partial charge in [0, 0.05) is 32.8 Å². The summed E-state index contributed by atoms with van der Waals surface area (Å²) < 4.78 is 5.30. The molecule has 0 aromatic rings. The van der Waals surface area contributed by atoms with Crippen LogP contribution in [0.2, 0.25) is 0 Å². The molecule has 4 nitrogen and oxygen atoms in total. The monoisotopic (exact) mass is 242 g/mol. The van der Waals surface area contributed by atoms with Gasteiger partial charge in [-0.05, 0) is 31.6 Å². The van der Waals surface area contributed by atoms with Crippen molar-refractivity contribution >= 4 is 6.03 Å². The zero-order chi connectivity index (χ0) is 12.7. The molecular formula is C13H26N2O2. The van der Waals surface area contributed by atoms with E-state index in [4.69, 9.17) is 4.74 Å². The first kappa shape index (κ1) is 14.3. The molecule has 2 amide bonds. The van der Waals surface area contributed by atoms with Gasteiger partial charge in [0.25, 0.3) is 0 Å². The van der Waals surface area contributed by atoms with Gasteiger partial charge >= 0.3 is 6.03 Å². The fraction of sp³-hybridized carbons (Fsp3) is 0.923. The minimum Gasteiger partial charge on any atom is -0.381 e. The first-order valence-corrected chi connectivity index (χ1v) is 6.69. The Hall–Kier alpha value is -0.770. The second-order valence-corrected chi connectivity index (χ2v) is 5.22. The number of hydrogen-bond donors (Lipinski definition) is 1. The molecule has 0 atom stereocenters. The first-order valence-electron chi connectivity index (χ1n) is 6.69. The molecule has 1 fully saturated rings. The van der Waals surface area contributed by atoms with Gasteiger partial charge in [0.05, 0.1) is 0 Å². The lowest BCUT2D eigenvalue weighted by Crippen LogP contribution is -2.46. The van der Waals surface area contributed by atoms with Crippen LogP contribution in [-0.2, 0) is 4.74 Å². The Kier molecular flexibility index (Phi) is 6.34. The number of nitrogens with zero attached hydrogens (tertiary/aromatic N) is 1. The molecule has 0 aromatic heterocycles. The number of rotatable bonds is 5. The third-order valence-corrected chi connectivity index (χ3v) is 3.29. The van der Waals surface area contributed by atoms with Crippen molar-refractivity contribution in [1.82, 2.24) is 10.2 Å². The van der Waals surface area contributed by atoms with Gasteiger partial charge in [-0.25, -0.2) is 4.79 Å². The Bertz CT molecular complexity index is 225. The number of amides is 2. The Morgan fingerprint density at radius 2 is 2.06 bits per heavy atom. The van der Waals surface area contributed by atoms with E-state index in [2.05, 4.69) is 19.2 Å². The Labute approximate surface area is 105 Å². The number of urea groups is 1. The summed E-state index contributed by atoms with van der Waals surface area (Å²) in [4.78, 5) is 13.7. The summed E-state index contributed by atoms with van der Waals surface area (Å²) in [7, 11) is 1.88. The van der Waals surface area contributed by atoms with Gasteiger partial charge < -0.3 is 15.0 Å². The zero-order valence-corrected chi connectivity index (χ0v) is 11.4. The van der Waals surface area contributed by atoms with Gasteiger partial charge in [-0.3, -0.25) is 0 Å². The van der Waals surface area contributed by atoms with Gasteiger partial charge in [-0.2, -0.15) is 0 Å². The number of nitrogens with one attached hydrogen (secondary N) is 1. The minimum atomic E-state index is 0.0562. The summed E-state index contributed by atoms with van der Waals surface area (Å²) >= 11 is 0. The summed E-state index contributed by atoms with van der Waals surface area (Å²) in [6, 6.07) is 0.398. The predicted octanol–water partition coefficient (Wildman–Crippen LogP) is 2.24. The van der Waals surface area contributed by atoms with Crippen LogP contribution in [0.15, 0.2) is 0 Å². The van der Waals surface area contributed by atoms with Crippen LogP contribution in [0.3, 0.4) is 0 Å². The van der Waals surface area contributed by atoms with Crippen LogP contribution >= 0.6 is 0 Å². The highest BCUT2D eigenvalue weighted by Crippen LogP contribution is 2.12. The number of carbonyl (C=O) groups excluding carboxylic acids is 1. The van der Waals surface area contributed by atoms with Crippen molar-refractivity contribution in [1.29, 1.82) is 0 Å². The SMILES string of the molecule is CC(C)CCCNC(=O)N(C)C1CCOCC1. The average molecular weight is 242 g/mol. The van der Waals surface area contributed by atoms with Gasteiger partial charge in [-0.1, -0.05) is 13.8 Å². The van der Waals surface area contributed by atoms with Crippen molar-refractivity contribution in [3.8, 4) is 0 Å². The molecular weight excluding hydrogens is 216 g/mol. The molecule has 1 N–H and O–H groups in total. The van der Waals surface area contributed by atoms with E-state index in [1.165, 1.54) is 6.42 Å². The second-order valence-electron chi connectivity index (χ2n) is 5.22. The molecule has 0 aromatic carbocycles. The Morgan fingerprint density at radius 3 is 2.65 bits per heavy atom. The second kappa shape index (κ2) is 7.54. The fourth-order valence-electron chi connectivity index (χ4n) is 2.07. The Balaban J connectivity index is 2.17. The molecule has 1 heterocycles. The van der Waals surface area contributed by atoms with Gasteiger partial charge in [0.15, 0.2) is 0 Å². The third kappa shape index (κ3) is 5.39. The van der Waals surface area contributed by atoms with Crippen molar-refractivity contribution < 1.29 is 9.53 Å². The molecule has 1 saturated heterocycles. The van der Waals surface area contributed by atoms with Crippen LogP contribution in [0.25, 0.3) is 0 Å². The van der Waals surface area contributed by atoms with Crippen LogP contribution in [0, 0.1) is 5.92 Å². The van der Waals surface area contributed by atoms with Gasteiger partial charge in [0.2, 0.25) is 0 Å². The van der Waals surface area contributed by atoms with E-state index >= 15 is 0 Å². The average Bonchev–Trinajstić information content (AvgIpc) is 2.34. The van der Waals surface area contributed by atoms with Crippen molar-refractivity contribution in [3.63, 3.8) is 0 Å². The van der Waals surface area contributed by atoms with E-state index in [0.717, 1.165) is 39.0 Å². The fourth-order valence-corrected chi connectivity index (χ4v) is 2.07. The number of ether oxygens (including phenoxy) is 1. The molecule has 4 heteroatoms. The third-order valence-electron chi connectivity index (χ3n) is 3.29. The van der Waals surface area contributed by atoms with Crippen molar-refractivity contribution in [2.24, 2.45) is 5.92 Å². The van der Waals surface area contributed by atoms with E-state index in [0.29, 0.717) is 12.0 Å². The van der Waals surface area contributed by atoms with Crippen LogP contribution in [-0.4, -0.2) is 43.8 Å². The standard InChI is InChI=1S/C13H26N2O2/c1-11(2)5-4-8-14-13(16)15(3)12-6-9-17-10-7-12/h11-12H,4-10H2,1-3H3,(H,14,16). The normalized spacial score (nSPS) is 17.2. The molecule has 0 radical (unpaired) electrons. The summed E-state index contributed by atoms with van der Waals surface area (Å²) in [6.07, 6.45) is 4.14. The van der Waals surface area contributed by atoms with Crippen molar-refractivity contribution in [3.05, 3.63) is 0 Å². The lowest BCUT2D eigenvalue weighted by atomic mass is 10.1. The van der Waals surface area contributed by atoms with Crippen molar-refractivity contribution in [2.75, 3.05) is 26.8 Å². The highest BCUT2D eigenvalue weighted by molar-refractivity contribution is 5.74. The van der Waals surface area contributed by atoms with Gasteiger partial charge in [-0.15, -0.1) is 0 Å². The first-order chi connectivity index (χ1) is 8.11. The lowest BCUT2D eigenvalue weighted by molar-refractivity contribution is 0.0526. The van der Waals surface area contributed by atoms with Crippen LogP contribution in [0.5, 0.6) is 0 Å². The predicted molar refractivity (Wildman–Crippen MR) is 69.1 cm³/mol. The maximum atomic E-state index is 11.9. The summed E-state index contributed by atoms with van der Waals surface area (Å²) in [5, 5.41) is 2.98. The maximum absolute atomic E-state index is 11.9. The largest absolute Gasteiger partial charge is 0.381 e. The molecule has 1 aliphatic heterocycles. The molecule has 0 spiro atoms. The lowest BCUT2D eigenvalue weighted by Gasteiger charge is -2.31. The molecule has 1 aliphatic rings. The van der Waals surface area contributed by atoms with Crippen molar-refractivity contribution in [2.45, 2.75) is 45.6 Å². The summed E-state index contributed by atoms with van der Waals surface area (Å²) in [5.41, 5.74) is 0. The van der Waals surface area contributed by atoms with E-state index < -0.39 is 0 Å². The van der Waals surface area contributed by atoms with Crippen LogP contribution in [0.4, 0.5) is 4.79 Å². The van der Waals surface area contributed by atoms with E-state index in [1.54, 1.807) is 0 Å². The summed E-state index contributed by atoms with van der Waals surface area (Å²) in [5.74, 6) is 0.708. The molecule has 100 valence electrons. The quantitative estimate of drug-likeness (QED) is 0.751. The molecule has 0 saturated carbocycles. The Morgan fingerprint density at radius 1 is 1.41 bits per heavy atom. The van der Waals surface area contributed by atoms with E-state index in [-0.39, 0.29) is 6.03 Å². The van der Waals surface area contributed by atoms with Crippen LogP contribution < -0.4 is 5.32 Å². The number of carbonyl (C=O) groups is 1. The summed E-state index contributed by atoms with van der Waals surface area (Å²) in [6.45, 7) is 6.74. The molecule has 1 rings (SSSR count).